The molecule has 0 saturated carbocycles. The van der Waals surface area contributed by atoms with Crippen LogP contribution in [0.1, 0.15) is 26.2 Å². The van der Waals surface area contributed by atoms with E-state index in [1.165, 1.54) is 0 Å². The Balaban J connectivity index is 1.57. The Morgan fingerprint density at radius 3 is 2.65 bits per heavy atom. The van der Waals surface area contributed by atoms with Crippen LogP contribution in [0.2, 0.25) is 0 Å². The second-order valence-electron chi connectivity index (χ2n) is 8.11. The van der Waals surface area contributed by atoms with E-state index in [1.807, 2.05) is 42.1 Å². The minimum absolute atomic E-state index is 0.195. The van der Waals surface area contributed by atoms with Crippen molar-refractivity contribution in [2.45, 2.75) is 37.4 Å². The van der Waals surface area contributed by atoms with E-state index >= 15 is 0 Å². The monoisotopic (exact) mass is 449 g/mol. The molecule has 1 unspecified atom stereocenters. The van der Waals surface area contributed by atoms with Crippen molar-refractivity contribution in [2.24, 2.45) is 5.92 Å². The van der Waals surface area contributed by atoms with Crippen LogP contribution in [0, 0.1) is 5.92 Å². The highest BCUT2D eigenvalue weighted by atomic mass is 32.2. The summed E-state index contributed by atoms with van der Waals surface area (Å²) in [5.41, 5.74) is 0.836. The molecule has 3 heterocycles. The summed E-state index contributed by atoms with van der Waals surface area (Å²) >= 11 is 1.93. The van der Waals surface area contributed by atoms with Crippen LogP contribution < -0.4 is 10.2 Å². The molecule has 0 radical (unpaired) electrons. The van der Waals surface area contributed by atoms with Crippen LogP contribution in [0.5, 0.6) is 0 Å². The van der Waals surface area contributed by atoms with Gasteiger partial charge in [-0.1, -0.05) is 37.3 Å². The number of rotatable bonds is 6. The Kier molecular flexibility index (Phi) is 7.22. The molecule has 9 heteroatoms. The lowest BCUT2D eigenvalue weighted by molar-refractivity contribution is -0.0857. The third kappa shape index (κ3) is 5.83. The second kappa shape index (κ2) is 10.1. The predicted octanol–water partition coefficient (Wildman–Crippen LogP) is 4.34. The molecule has 1 N–H and O–H groups in total. The molecule has 1 atom stereocenters. The average Bonchev–Trinajstić information content (AvgIpc) is 3.03. The molecule has 1 aromatic carbocycles. The van der Waals surface area contributed by atoms with Crippen molar-refractivity contribution in [1.29, 1.82) is 0 Å². The van der Waals surface area contributed by atoms with Gasteiger partial charge in [-0.05, 0) is 19.3 Å². The normalized spacial score (nSPS) is 21.0. The van der Waals surface area contributed by atoms with Gasteiger partial charge < -0.3 is 15.0 Å². The van der Waals surface area contributed by atoms with Crippen molar-refractivity contribution in [3.63, 3.8) is 0 Å². The maximum absolute atomic E-state index is 14.8. The molecule has 2 aromatic rings. The molecular formula is C22H29F2N5OS. The molecular weight excluding hydrogens is 420 g/mol. The topological polar surface area (TPSA) is 63.2 Å². The molecule has 2 fully saturated rings. The number of hydrogen-bond donors (Lipinski definition) is 1. The summed E-state index contributed by atoms with van der Waals surface area (Å²) in [4.78, 5) is 15.8. The van der Waals surface area contributed by atoms with Gasteiger partial charge in [0.05, 0.1) is 6.54 Å². The van der Waals surface area contributed by atoms with Crippen molar-refractivity contribution in [3.8, 4) is 11.4 Å². The first-order valence-electron chi connectivity index (χ1n) is 10.9. The number of nitrogens with zero attached hydrogens (tertiary/aromatic N) is 4. The summed E-state index contributed by atoms with van der Waals surface area (Å²) in [6, 6.07) is 9.58. The van der Waals surface area contributed by atoms with E-state index in [4.69, 9.17) is 4.74 Å². The van der Waals surface area contributed by atoms with Crippen LogP contribution in [-0.4, -0.2) is 64.7 Å². The van der Waals surface area contributed by atoms with Crippen LogP contribution in [0.25, 0.3) is 11.4 Å². The highest BCUT2D eigenvalue weighted by Crippen LogP contribution is 2.33. The maximum atomic E-state index is 14.8. The number of halogens is 2. The van der Waals surface area contributed by atoms with E-state index in [9.17, 15) is 8.78 Å². The molecule has 0 aliphatic carbocycles. The summed E-state index contributed by atoms with van der Waals surface area (Å²) in [6.07, 6.45) is 1.77. The predicted molar refractivity (Wildman–Crippen MR) is 121 cm³/mol. The van der Waals surface area contributed by atoms with Crippen molar-refractivity contribution < 1.29 is 13.5 Å². The van der Waals surface area contributed by atoms with Gasteiger partial charge in [0.2, 0.25) is 11.9 Å². The zero-order valence-electron chi connectivity index (χ0n) is 17.8. The van der Waals surface area contributed by atoms with Gasteiger partial charge in [0.1, 0.15) is 0 Å². The lowest BCUT2D eigenvalue weighted by atomic mass is 9.93. The lowest BCUT2D eigenvalue weighted by Crippen LogP contribution is -2.39. The quantitative estimate of drug-likeness (QED) is 0.704. The Hall–Kier alpha value is -2.00. The number of anilines is 2. The number of ether oxygens (including phenoxy) is 1. The summed E-state index contributed by atoms with van der Waals surface area (Å²) in [7, 11) is 0. The number of aromatic nitrogens is 3. The van der Waals surface area contributed by atoms with E-state index in [2.05, 4.69) is 32.1 Å². The van der Waals surface area contributed by atoms with Gasteiger partial charge in [0, 0.05) is 48.8 Å². The Labute approximate surface area is 186 Å². The molecule has 4 rings (SSSR count). The molecule has 0 bridgehead atoms. The van der Waals surface area contributed by atoms with Crippen molar-refractivity contribution in [1.82, 2.24) is 15.0 Å². The number of hydrogen-bond acceptors (Lipinski definition) is 7. The van der Waals surface area contributed by atoms with E-state index < -0.39 is 18.4 Å². The highest BCUT2D eigenvalue weighted by molar-refractivity contribution is 7.99. The third-order valence-electron chi connectivity index (χ3n) is 5.81. The zero-order chi connectivity index (χ0) is 21.7. The Morgan fingerprint density at radius 1 is 1.10 bits per heavy atom. The molecule has 6 nitrogen and oxygen atoms in total. The van der Waals surface area contributed by atoms with Gasteiger partial charge in [0.25, 0.3) is 5.92 Å². The van der Waals surface area contributed by atoms with Crippen LogP contribution in [0.15, 0.2) is 30.3 Å². The molecule has 1 aromatic heterocycles. The SMILES string of the molecule is CC1CCN(c2nc(NCC(F)(F)C3CCOCC3)nc(-c3ccccc3)n2)CCS1. The van der Waals surface area contributed by atoms with Gasteiger partial charge in [-0.25, -0.2) is 8.78 Å². The first-order chi connectivity index (χ1) is 15.0. The molecule has 2 saturated heterocycles. The fourth-order valence-electron chi connectivity index (χ4n) is 3.86. The summed E-state index contributed by atoms with van der Waals surface area (Å²) in [5.74, 6) is -1.32. The molecule has 0 amide bonds. The minimum atomic E-state index is -2.85. The van der Waals surface area contributed by atoms with E-state index in [1.54, 1.807) is 0 Å². The largest absolute Gasteiger partial charge is 0.381 e. The molecule has 168 valence electrons. The van der Waals surface area contributed by atoms with E-state index in [0.29, 0.717) is 43.1 Å². The van der Waals surface area contributed by atoms with Crippen LogP contribution in [0.4, 0.5) is 20.7 Å². The third-order valence-corrected chi connectivity index (χ3v) is 7.03. The van der Waals surface area contributed by atoms with E-state index in [-0.39, 0.29) is 5.95 Å². The number of benzene rings is 1. The number of thioether (sulfide) groups is 1. The lowest BCUT2D eigenvalue weighted by Gasteiger charge is -2.30. The Morgan fingerprint density at radius 2 is 1.87 bits per heavy atom. The van der Waals surface area contributed by atoms with Crippen LogP contribution >= 0.6 is 11.8 Å². The fraction of sp³-hybridized carbons (Fsp3) is 0.591. The Bertz CT molecular complexity index is 851. The fourth-order valence-corrected chi connectivity index (χ4v) is 4.86. The second-order valence-corrected chi connectivity index (χ2v) is 9.65. The zero-order valence-corrected chi connectivity index (χ0v) is 18.6. The van der Waals surface area contributed by atoms with Crippen LogP contribution in [-0.2, 0) is 4.74 Å². The highest BCUT2D eigenvalue weighted by Gasteiger charge is 2.40. The van der Waals surface area contributed by atoms with Crippen molar-refractivity contribution in [3.05, 3.63) is 30.3 Å². The van der Waals surface area contributed by atoms with Gasteiger partial charge in [0.15, 0.2) is 5.82 Å². The first kappa shape index (κ1) is 22.2. The molecule has 31 heavy (non-hydrogen) atoms. The van der Waals surface area contributed by atoms with Crippen molar-refractivity contribution >= 4 is 23.7 Å². The minimum Gasteiger partial charge on any atom is -0.381 e. The number of nitrogens with one attached hydrogen (secondary N) is 1. The molecule has 2 aliphatic heterocycles. The standard InChI is InChI=1S/C22H29F2N5OS/c1-16-7-10-29(11-14-31-16)21-27-19(17-5-3-2-4-6-17)26-20(28-21)25-15-22(23,24)18-8-12-30-13-9-18/h2-6,16,18H,7-15H2,1H3,(H,25,26,27,28). The van der Waals surface area contributed by atoms with Crippen LogP contribution in [0.3, 0.4) is 0 Å². The number of alkyl halides is 2. The van der Waals surface area contributed by atoms with Crippen molar-refractivity contribution in [2.75, 3.05) is 48.8 Å². The van der Waals surface area contributed by atoms with Gasteiger partial charge in [-0.3, -0.25) is 0 Å². The average molecular weight is 450 g/mol. The summed E-state index contributed by atoms with van der Waals surface area (Å²) < 4.78 is 34.8. The van der Waals surface area contributed by atoms with Gasteiger partial charge >= 0.3 is 0 Å². The summed E-state index contributed by atoms with van der Waals surface area (Å²) in [5, 5.41) is 3.39. The smallest absolute Gasteiger partial charge is 0.268 e. The van der Waals surface area contributed by atoms with Gasteiger partial charge in [-0.2, -0.15) is 26.7 Å². The summed E-state index contributed by atoms with van der Waals surface area (Å²) in [6.45, 7) is 4.17. The molecule has 2 aliphatic rings. The van der Waals surface area contributed by atoms with E-state index in [0.717, 1.165) is 30.8 Å². The maximum Gasteiger partial charge on any atom is 0.268 e. The first-order valence-corrected chi connectivity index (χ1v) is 11.9. The molecule has 0 spiro atoms. The van der Waals surface area contributed by atoms with Gasteiger partial charge in [-0.15, -0.1) is 0 Å².